The molecule has 0 N–H and O–H groups in total. The highest BCUT2D eigenvalue weighted by Gasteiger charge is 2.66. The van der Waals surface area contributed by atoms with Gasteiger partial charge in [-0.2, -0.15) is 0 Å². The normalized spacial score (nSPS) is 17.1. The Kier molecular flexibility index (Phi) is 6.12. The van der Waals surface area contributed by atoms with Crippen molar-refractivity contribution in [3.63, 3.8) is 0 Å². The summed E-state index contributed by atoms with van der Waals surface area (Å²) in [6.07, 6.45) is 0. The molecule has 2 aliphatic rings. The Morgan fingerprint density at radius 1 is 0.977 bits per heavy atom. The molecule has 220 valence electrons. The SMILES string of the molecule is COC(=O)c1sc(N2C(=O)c3oc4cc(C)c(C)cc4c(=O)c3C23C(=O)N(Cc2ccc(C)cc2)c2ccccc23)nc1C. The minimum atomic E-state index is -1.92. The number of amides is 2. The van der Waals surface area contributed by atoms with Gasteiger partial charge in [0.1, 0.15) is 10.5 Å². The highest BCUT2D eigenvalue weighted by atomic mass is 32.1. The van der Waals surface area contributed by atoms with Crippen LogP contribution in [0.5, 0.6) is 0 Å². The molecule has 3 aromatic carbocycles. The van der Waals surface area contributed by atoms with Crippen molar-refractivity contribution in [1.82, 2.24) is 4.98 Å². The van der Waals surface area contributed by atoms with Crippen LogP contribution in [0.25, 0.3) is 11.0 Å². The van der Waals surface area contributed by atoms with Crippen LogP contribution < -0.4 is 15.2 Å². The molecule has 4 heterocycles. The predicted molar refractivity (Wildman–Crippen MR) is 167 cm³/mol. The van der Waals surface area contributed by atoms with Gasteiger partial charge in [0.15, 0.2) is 16.1 Å². The topological polar surface area (TPSA) is 110 Å². The summed E-state index contributed by atoms with van der Waals surface area (Å²) >= 11 is 0.928. The molecule has 2 aromatic heterocycles. The van der Waals surface area contributed by atoms with Crippen molar-refractivity contribution in [2.75, 3.05) is 16.9 Å². The molecule has 10 heteroatoms. The Balaban J connectivity index is 1.56. The average molecular weight is 606 g/mol. The monoisotopic (exact) mass is 605 g/mol. The fourth-order valence-electron chi connectivity index (χ4n) is 6.21. The van der Waals surface area contributed by atoms with Crippen LogP contribution in [0, 0.1) is 27.7 Å². The van der Waals surface area contributed by atoms with E-state index in [2.05, 4.69) is 4.98 Å². The summed E-state index contributed by atoms with van der Waals surface area (Å²) in [5.41, 5.74) is 2.87. The summed E-state index contributed by atoms with van der Waals surface area (Å²) in [7, 11) is 1.26. The van der Waals surface area contributed by atoms with E-state index in [0.717, 1.165) is 33.6 Å². The number of thiazole rings is 1. The lowest BCUT2D eigenvalue weighted by atomic mass is 9.84. The molecule has 0 saturated carbocycles. The van der Waals surface area contributed by atoms with E-state index in [1.165, 1.54) is 12.0 Å². The van der Waals surface area contributed by atoms with Gasteiger partial charge in [0.05, 0.1) is 36.0 Å². The van der Waals surface area contributed by atoms with E-state index in [1.54, 1.807) is 42.2 Å². The molecule has 0 aliphatic carbocycles. The van der Waals surface area contributed by atoms with E-state index in [0.29, 0.717) is 16.9 Å². The molecule has 2 aliphatic heterocycles. The minimum Gasteiger partial charge on any atom is -0.465 e. The molecule has 44 heavy (non-hydrogen) atoms. The molecular formula is C34H27N3O6S. The van der Waals surface area contributed by atoms with E-state index in [-0.39, 0.29) is 38.8 Å². The third-order valence-electron chi connectivity index (χ3n) is 8.55. The predicted octanol–water partition coefficient (Wildman–Crippen LogP) is 5.72. The van der Waals surface area contributed by atoms with E-state index in [4.69, 9.17) is 9.15 Å². The fourth-order valence-corrected chi connectivity index (χ4v) is 7.25. The largest absolute Gasteiger partial charge is 0.465 e. The molecule has 0 fully saturated rings. The number of nitrogens with zero attached hydrogens (tertiary/aromatic N) is 3. The van der Waals surface area contributed by atoms with Gasteiger partial charge in [-0.25, -0.2) is 9.78 Å². The van der Waals surface area contributed by atoms with Crippen LogP contribution in [0.4, 0.5) is 10.8 Å². The third-order valence-corrected chi connectivity index (χ3v) is 9.67. The smallest absolute Gasteiger partial charge is 0.350 e. The van der Waals surface area contributed by atoms with Gasteiger partial charge in [0.2, 0.25) is 5.76 Å². The van der Waals surface area contributed by atoms with Crippen molar-refractivity contribution >= 4 is 50.9 Å². The average Bonchev–Trinajstić information content (AvgIpc) is 3.59. The lowest BCUT2D eigenvalue weighted by molar-refractivity contribution is -0.121. The summed E-state index contributed by atoms with van der Waals surface area (Å²) in [4.78, 5) is 64.3. The van der Waals surface area contributed by atoms with Gasteiger partial charge < -0.3 is 14.1 Å². The van der Waals surface area contributed by atoms with Gasteiger partial charge in [-0.05, 0) is 62.6 Å². The molecule has 5 aromatic rings. The van der Waals surface area contributed by atoms with Gasteiger partial charge in [0, 0.05) is 5.56 Å². The Morgan fingerprint density at radius 2 is 1.68 bits per heavy atom. The number of anilines is 2. The van der Waals surface area contributed by atoms with Crippen molar-refractivity contribution in [3.8, 4) is 0 Å². The summed E-state index contributed by atoms with van der Waals surface area (Å²) in [5, 5.41) is 0.351. The lowest BCUT2D eigenvalue weighted by Gasteiger charge is -2.32. The molecule has 1 spiro atoms. The number of hydrogen-bond donors (Lipinski definition) is 0. The number of carbonyl (C=O) groups is 3. The Labute approximate surface area is 256 Å². The van der Waals surface area contributed by atoms with Crippen LogP contribution in [0.1, 0.15) is 59.3 Å². The van der Waals surface area contributed by atoms with Gasteiger partial charge in [-0.3, -0.25) is 19.3 Å². The number of esters is 1. The van der Waals surface area contributed by atoms with Crippen LogP contribution in [0.3, 0.4) is 0 Å². The quantitative estimate of drug-likeness (QED) is 0.241. The summed E-state index contributed by atoms with van der Waals surface area (Å²) in [5.74, 6) is -2.02. The number of para-hydroxylation sites is 1. The van der Waals surface area contributed by atoms with Crippen molar-refractivity contribution in [2.45, 2.75) is 39.8 Å². The molecule has 1 atom stereocenters. The van der Waals surface area contributed by atoms with E-state index >= 15 is 4.79 Å². The van der Waals surface area contributed by atoms with Crippen molar-refractivity contribution < 1.29 is 23.5 Å². The molecule has 0 radical (unpaired) electrons. The van der Waals surface area contributed by atoms with Crippen LogP contribution in [-0.2, 0) is 21.6 Å². The first-order valence-electron chi connectivity index (χ1n) is 14.0. The molecule has 2 amide bonds. The molecule has 1 unspecified atom stereocenters. The first-order valence-corrected chi connectivity index (χ1v) is 14.9. The van der Waals surface area contributed by atoms with Crippen LogP contribution in [0.2, 0.25) is 0 Å². The summed E-state index contributed by atoms with van der Waals surface area (Å²) in [6, 6.07) is 18.4. The number of fused-ring (bicyclic) bond motifs is 5. The minimum absolute atomic E-state index is 0.0606. The first kappa shape index (κ1) is 27.7. The van der Waals surface area contributed by atoms with Crippen LogP contribution >= 0.6 is 11.3 Å². The number of aryl methyl sites for hydroxylation is 4. The fraction of sp³-hybridized carbons (Fsp3) is 0.206. The maximum Gasteiger partial charge on any atom is 0.350 e. The zero-order chi connectivity index (χ0) is 31.1. The molecule has 0 bridgehead atoms. The number of rotatable bonds is 4. The number of hydrogen-bond acceptors (Lipinski definition) is 8. The van der Waals surface area contributed by atoms with Gasteiger partial charge in [-0.15, -0.1) is 0 Å². The van der Waals surface area contributed by atoms with E-state index in [1.807, 2.05) is 51.1 Å². The standard InChI is InChI=1S/C34H27N3O6S/c1-17-10-12-21(13-11-17)16-36-24-9-7-6-8-23(24)34(32(36)41)26-27(38)22-14-18(2)19(3)15-25(22)43-28(26)30(39)37(34)33-35-20(4)29(44-33)31(40)42-5/h6-15H,16H2,1-5H3. The Morgan fingerprint density at radius 3 is 2.41 bits per heavy atom. The maximum atomic E-state index is 15.1. The molecular weight excluding hydrogens is 578 g/mol. The lowest BCUT2D eigenvalue weighted by Crippen LogP contribution is -2.53. The number of carbonyl (C=O) groups excluding carboxylic acids is 3. The summed E-state index contributed by atoms with van der Waals surface area (Å²) in [6.45, 7) is 7.60. The van der Waals surface area contributed by atoms with Crippen LogP contribution in [-0.4, -0.2) is 29.9 Å². The zero-order valence-corrected chi connectivity index (χ0v) is 25.5. The van der Waals surface area contributed by atoms with Crippen molar-refractivity contribution in [1.29, 1.82) is 0 Å². The number of benzene rings is 3. The number of aromatic nitrogens is 1. The second-order valence-corrected chi connectivity index (χ2v) is 12.2. The van der Waals surface area contributed by atoms with E-state index in [9.17, 15) is 14.4 Å². The summed E-state index contributed by atoms with van der Waals surface area (Å²) < 4.78 is 11.2. The molecule has 0 saturated heterocycles. The van der Waals surface area contributed by atoms with Crippen molar-refractivity contribution in [3.05, 3.63) is 121 Å². The Hall–Kier alpha value is -5.09. The second kappa shape index (κ2) is 9.72. The molecule has 9 nitrogen and oxygen atoms in total. The van der Waals surface area contributed by atoms with Gasteiger partial charge in [0.25, 0.3) is 11.8 Å². The number of methoxy groups -OCH3 is 1. The number of ether oxygens (including phenoxy) is 1. The second-order valence-electron chi connectivity index (χ2n) is 11.2. The zero-order valence-electron chi connectivity index (χ0n) is 24.7. The van der Waals surface area contributed by atoms with Gasteiger partial charge >= 0.3 is 5.97 Å². The first-order chi connectivity index (χ1) is 21.1. The molecule has 7 rings (SSSR count). The van der Waals surface area contributed by atoms with Crippen LogP contribution in [0.15, 0.2) is 69.9 Å². The Bertz CT molecular complexity index is 2130. The highest BCUT2D eigenvalue weighted by Crippen LogP contribution is 2.55. The van der Waals surface area contributed by atoms with E-state index < -0.39 is 28.8 Å². The van der Waals surface area contributed by atoms with Gasteiger partial charge in [-0.1, -0.05) is 59.4 Å². The highest BCUT2D eigenvalue weighted by molar-refractivity contribution is 7.17. The maximum absolute atomic E-state index is 15.1. The van der Waals surface area contributed by atoms with Crippen molar-refractivity contribution in [2.24, 2.45) is 0 Å². The third kappa shape index (κ3) is 3.67.